The van der Waals surface area contributed by atoms with E-state index >= 15 is 0 Å². The Hall–Kier alpha value is -4.12. The van der Waals surface area contributed by atoms with Gasteiger partial charge in [0, 0.05) is 18.9 Å². The molecule has 0 radical (unpaired) electrons. The van der Waals surface area contributed by atoms with Crippen molar-refractivity contribution in [3.63, 3.8) is 0 Å². The highest BCUT2D eigenvalue weighted by atomic mass is 16.4. The first-order valence-corrected chi connectivity index (χ1v) is 9.50. The van der Waals surface area contributed by atoms with E-state index in [9.17, 15) is 15.0 Å². The Morgan fingerprint density at radius 2 is 1.57 bits per heavy atom. The number of carboxylic acid groups (broad SMARTS) is 1. The summed E-state index contributed by atoms with van der Waals surface area (Å²) in [6.07, 6.45) is 7.44. The second-order valence-corrected chi connectivity index (χ2v) is 6.88. The number of aromatic carboxylic acids is 1. The Morgan fingerprint density at radius 1 is 0.900 bits per heavy atom. The highest BCUT2D eigenvalue weighted by Gasteiger charge is 2.10. The van der Waals surface area contributed by atoms with Crippen LogP contribution in [-0.2, 0) is 6.54 Å². The Bertz CT molecular complexity index is 1190. The predicted molar refractivity (Wildman–Crippen MR) is 117 cm³/mol. The van der Waals surface area contributed by atoms with Gasteiger partial charge in [-0.25, -0.2) is 9.78 Å². The van der Waals surface area contributed by atoms with E-state index in [4.69, 9.17) is 0 Å². The molecule has 1 heterocycles. The number of phenolic OH excluding ortho intramolecular Hbond substituents is 1. The van der Waals surface area contributed by atoms with E-state index in [0.717, 1.165) is 28.1 Å². The maximum Gasteiger partial charge on any atom is 0.336 e. The minimum Gasteiger partial charge on any atom is -0.508 e. The predicted octanol–water partition coefficient (Wildman–Crippen LogP) is 5.17. The number of benzene rings is 3. The number of rotatable bonds is 6. The lowest BCUT2D eigenvalue weighted by atomic mass is 10.0. The van der Waals surface area contributed by atoms with Crippen molar-refractivity contribution in [3.8, 4) is 16.9 Å². The van der Waals surface area contributed by atoms with Gasteiger partial charge < -0.3 is 14.8 Å². The van der Waals surface area contributed by atoms with Crippen LogP contribution in [0.25, 0.3) is 23.3 Å². The molecule has 0 aliphatic rings. The lowest BCUT2D eigenvalue weighted by Gasteiger charge is -2.08. The smallest absolute Gasteiger partial charge is 0.336 e. The molecule has 5 nitrogen and oxygen atoms in total. The van der Waals surface area contributed by atoms with Gasteiger partial charge in [0.05, 0.1) is 5.56 Å². The maximum absolute atomic E-state index is 11.4. The van der Waals surface area contributed by atoms with Crippen LogP contribution in [-0.4, -0.2) is 25.7 Å². The number of aromatic nitrogens is 2. The molecular weight excluding hydrogens is 376 g/mol. The quantitative estimate of drug-likeness (QED) is 0.471. The number of imidazole rings is 1. The SMILES string of the molecule is O=C(O)c1ccccc1Cn1ccnc1/C=C/c1ccc(-c2ccc(O)cc2)cc1. The Labute approximate surface area is 174 Å². The third-order valence-corrected chi connectivity index (χ3v) is 4.87. The van der Waals surface area contributed by atoms with Crippen molar-refractivity contribution in [2.24, 2.45) is 0 Å². The van der Waals surface area contributed by atoms with Gasteiger partial charge in [-0.05, 0) is 46.5 Å². The van der Waals surface area contributed by atoms with E-state index in [1.807, 2.05) is 71.4 Å². The molecule has 2 N–H and O–H groups in total. The molecule has 0 atom stereocenters. The molecule has 1 aromatic heterocycles. The number of carbonyl (C=O) groups is 1. The number of carboxylic acids is 1. The molecule has 0 fully saturated rings. The molecule has 0 unspecified atom stereocenters. The van der Waals surface area contributed by atoms with Crippen LogP contribution in [0.5, 0.6) is 5.75 Å². The number of hydrogen-bond donors (Lipinski definition) is 2. The van der Waals surface area contributed by atoms with Crippen molar-refractivity contribution < 1.29 is 15.0 Å². The summed E-state index contributed by atoms with van der Waals surface area (Å²) in [6, 6.07) is 22.2. The molecule has 0 bridgehead atoms. The third-order valence-electron chi connectivity index (χ3n) is 4.87. The molecular formula is C25H20N2O3. The minimum absolute atomic E-state index is 0.250. The zero-order valence-electron chi connectivity index (χ0n) is 16.1. The fourth-order valence-electron chi connectivity index (χ4n) is 3.27. The Balaban J connectivity index is 1.51. The van der Waals surface area contributed by atoms with Gasteiger partial charge in [-0.3, -0.25) is 0 Å². The number of aromatic hydroxyl groups is 1. The third kappa shape index (κ3) is 4.31. The Kier molecular flexibility index (Phi) is 5.44. The molecule has 0 amide bonds. The van der Waals surface area contributed by atoms with Crippen LogP contribution in [0.4, 0.5) is 0 Å². The number of hydrogen-bond acceptors (Lipinski definition) is 3. The summed E-state index contributed by atoms with van der Waals surface area (Å²) in [6.45, 7) is 0.432. The monoisotopic (exact) mass is 396 g/mol. The summed E-state index contributed by atoms with van der Waals surface area (Å²) in [4.78, 5) is 15.8. The Morgan fingerprint density at radius 3 is 2.27 bits per heavy atom. The molecule has 4 rings (SSSR count). The van der Waals surface area contributed by atoms with Crippen molar-refractivity contribution in [1.82, 2.24) is 9.55 Å². The van der Waals surface area contributed by atoms with Gasteiger partial charge in [0.25, 0.3) is 0 Å². The van der Waals surface area contributed by atoms with E-state index < -0.39 is 5.97 Å². The number of phenols is 1. The molecule has 3 aromatic carbocycles. The summed E-state index contributed by atoms with van der Waals surface area (Å²) >= 11 is 0. The van der Waals surface area contributed by atoms with Crippen LogP contribution in [0.15, 0.2) is 85.2 Å². The van der Waals surface area contributed by atoms with Crippen LogP contribution in [0, 0.1) is 0 Å². The van der Waals surface area contributed by atoms with Crippen LogP contribution < -0.4 is 0 Å². The van der Waals surface area contributed by atoms with Crippen LogP contribution in [0.1, 0.15) is 27.3 Å². The molecule has 0 aliphatic carbocycles. The fourth-order valence-corrected chi connectivity index (χ4v) is 3.27. The van der Waals surface area contributed by atoms with Gasteiger partial charge in [0.15, 0.2) is 0 Å². The van der Waals surface area contributed by atoms with Crippen LogP contribution >= 0.6 is 0 Å². The molecule has 0 saturated heterocycles. The summed E-state index contributed by atoms with van der Waals surface area (Å²) in [5.74, 6) is 0.0640. The van der Waals surface area contributed by atoms with E-state index in [1.54, 1.807) is 30.5 Å². The summed E-state index contributed by atoms with van der Waals surface area (Å²) < 4.78 is 1.92. The van der Waals surface area contributed by atoms with Crippen molar-refractivity contribution >= 4 is 18.1 Å². The van der Waals surface area contributed by atoms with Gasteiger partial charge in [-0.15, -0.1) is 0 Å². The lowest BCUT2D eigenvalue weighted by molar-refractivity contribution is 0.0695. The molecule has 0 spiro atoms. The van der Waals surface area contributed by atoms with Gasteiger partial charge in [-0.1, -0.05) is 60.7 Å². The number of nitrogens with zero attached hydrogens (tertiary/aromatic N) is 2. The molecule has 148 valence electrons. The molecule has 5 heteroatoms. The zero-order chi connectivity index (χ0) is 20.9. The van der Waals surface area contributed by atoms with Gasteiger partial charge in [-0.2, -0.15) is 0 Å². The zero-order valence-corrected chi connectivity index (χ0v) is 16.1. The molecule has 30 heavy (non-hydrogen) atoms. The van der Waals surface area contributed by atoms with Crippen LogP contribution in [0.3, 0.4) is 0 Å². The standard InChI is InChI=1S/C25H20N2O3/c28-22-12-10-20(11-13-22)19-8-5-18(6-9-19)7-14-24-26-15-16-27(24)17-21-3-1-2-4-23(21)25(29)30/h1-16,28H,17H2,(H,29,30)/b14-7+. The highest BCUT2D eigenvalue weighted by molar-refractivity contribution is 5.89. The van der Waals surface area contributed by atoms with Crippen LogP contribution in [0.2, 0.25) is 0 Å². The first-order chi connectivity index (χ1) is 14.6. The van der Waals surface area contributed by atoms with E-state index in [1.165, 1.54) is 0 Å². The van der Waals surface area contributed by atoms with Gasteiger partial charge >= 0.3 is 5.97 Å². The second kappa shape index (κ2) is 8.49. The van der Waals surface area contributed by atoms with E-state index in [-0.39, 0.29) is 5.75 Å². The van der Waals surface area contributed by atoms with Gasteiger partial charge in [0.1, 0.15) is 11.6 Å². The average molecular weight is 396 g/mol. The maximum atomic E-state index is 11.4. The molecule has 0 aliphatic heterocycles. The molecule has 0 saturated carbocycles. The van der Waals surface area contributed by atoms with E-state index in [2.05, 4.69) is 4.98 Å². The van der Waals surface area contributed by atoms with E-state index in [0.29, 0.717) is 12.1 Å². The first kappa shape index (κ1) is 19.2. The largest absolute Gasteiger partial charge is 0.508 e. The minimum atomic E-state index is -0.934. The normalized spacial score (nSPS) is 11.1. The first-order valence-electron chi connectivity index (χ1n) is 9.50. The average Bonchev–Trinajstić information content (AvgIpc) is 3.20. The van der Waals surface area contributed by atoms with Crippen molar-refractivity contribution in [2.75, 3.05) is 0 Å². The summed E-state index contributed by atoms with van der Waals surface area (Å²) in [7, 11) is 0. The second-order valence-electron chi connectivity index (χ2n) is 6.88. The lowest BCUT2D eigenvalue weighted by Crippen LogP contribution is -2.07. The van der Waals surface area contributed by atoms with Crippen molar-refractivity contribution in [1.29, 1.82) is 0 Å². The summed E-state index contributed by atoms with van der Waals surface area (Å²) in [5.41, 5.74) is 4.16. The topological polar surface area (TPSA) is 75.3 Å². The fraction of sp³-hybridized carbons (Fsp3) is 0.0400. The summed E-state index contributed by atoms with van der Waals surface area (Å²) in [5, 5.41) is 18.8. The highest BCUT2D eigenvalue weighted by Crippen LogP contribution is 2.23. The van der Waals surface area contributed by atoms with Gasteiger partial charge in [0.2, 0.25) is 0 Å². The molecule has 4 aromatic rings. The van der Waals surface area contributed by atoms with Crippen molar-refractivity contribution in [2.45, 2.75) is 6.54 Å². The van der Waals surface area contributed by atoms with Crippen molar-refractivity contribution in [3.05, 3.63) is 108 Å².